The number of alkyl halides is 2. The van der Waals surface area contributed by atoms with Gasteiger partial charge in [-0.05, 0) is 6.92 Å². The molecular formula is C10H14F2N6O. The third kappa shape index (κ3) is 3.05. The van der Waals surface area contributed by atoms with E-state index in [1.54, 1.807) is 0 Å². The van der Waals surface area contributed by atoms with Crippen molar-refractivity contribution >= 4 is 22.9 Å². The number of halogens is 2. The Hall–Kier alpha value is -2.03. The minimum Gasteiger partial charge on any atom is -0.385 e. The van der Waals surface area contributed by atoms with Crippen LogP contribution in [0.15, 0.2) is 6.33 Å². The molecule has 1 atom stereocenters. The molecular weight excluding hydrogens is 258 g/mol. The highest BCUT2D eigenvalue weighted by molar-refractivity contribution is 5.83. The number of fused-ring (bicyclic) bond motifs is 1. The molecule has 2 rings (SSSR count). The average molecular weight is 272 g/mol. The SMILES string of the molecule is CCNc1nc(NCC(O)C(F)F)c2[nH]cnc2n1. The fraction of sp³-hybridized carbons (Fsp3) is 0.500. The summed E-state index contributed by atoms with van der Waals surface area (Å²) in [4.78, 5) is 15.1. The fourth-order valence-electron chi connectivity index (χ4n) is 1.49. The Morgan fingerprint density at radius 3 is 2.84 bits per heavy atom. The van der Waals surface area contributed by atoms with Crippen LogP contribution in [0.25, 0.3) is 11.2 Å². The Morgan fingerprint density at radius 2 is 2.16 bits per heavy atom. The second-order valence-corrected chi connectivity index (χ2v) is 3.81. The maximum atomic E-state index is 12.2. The van der Waals surface area contributed by atoms with E-state index in [1.807, 2.05) is 6.92 Å². The smallest absolute Gasteiger partial charge is 0.265 e. The number of hydrogen-bond acceptors (Lipinski definition) is 6. The van der Waals surface area contributed by atoms with Crippen molar-refractivity contribution < 1.29 is 13.9 Å². The van der Waals surface area contributed by atoms with Crippen molar-refractivity contribution in [2.24, 2.45) is 0 Å². The van der Waals surface area contributed by atoms with Gasteiger partial charge in [0.25, 0.3) is 6.43 Å². The predicted molar refractivity (Wildman–Crippen MR) is 66.3 cm³/mol. The van der Waals surface area contributed by atoms with E-state index in [9.17, 15) is 8.78 Å². The lowest BCUT2D eigenvalue weighted by Crippen LogP contribution is -2.27. The van der Waals surface area contributed by atoms with Gasteiger partial charge in [0.15, 0.2) is 11.5 Å². The second kappa shape index (κ2) is 5.74. The summed E-state index contributed by atoms with van der Waals surface area (Å²) in [7, 11) is 0. The van der Waals surface area contributed by atoms with E-state index < -0.39 is 12.5 Å². The van der Waals surface area contributed by atoms with Gasteiger partial charge in [-0.2, -0.15) is 9.97 Å². The number of nitrogens with one attached hydrogen (secondary N) is 3. The number of nitrogens with zero attached hydrogens (tertiary/aromatic N) is 3. The highest BCUT2D eigenvalue weighted by Gasteiger charge is 2.17. The van der Waals surface area contributed by atoms with Crippen LogP contribution >= 0.6 is 0 Å². The zero-order chi connectivity index (χ0) is 13.8. The number of H-pyrrole nitrogens is 1. The van der Waals surface area contributed by atoms with Crippen molar-refractivity contribution in [3.63, 3.8) is 0 Å². The van der Waals surface area contributed by atoms with Gasteiger partial charge in [0.2, 0.25) is 5.95 Å². The Morgan fingerprint density at radius 1 is 1.37 bits per heavy atom. The number of aromatic amines is 1. The van der Waals surface area contributed by atoms with Gasteiger partial charge in [0, 0.05) is 13.1 Å². The number of anilines is 2. The molecule has 2 aromatic rings. The molecule has 104 valence electrons. The lowest BCUT2D eigenvalue weighted by Gasteiger charge is -2.12. The molecule has 0 fully saturated rings. The van der Waals surface area contributed by atoms with E-state index in [2.05, 4.69) is 30.6 Å². The van der Waals surface area contributed by atoms with Crippen LogP contribution in [0, 0.1) is 0 Å². The van der Waals surface area contributed by atoms with Gasteiger partial charge >= 0.3 is 0 Å². The minimum atomic E-state index is -2.81. The molecule has 0 spiro atoms. The van der Waals surface area contributed by atoms with Crippen LogP contribution < -0.4 is 10.6 Å². The van der Waals surface area contributed by atoms with Crippen LogP contribution in [0.5, 0.6) is 0 Å². The molecule has 4 N–H and O–H groups in total. The normalized spacial score (nSPS) is 12.9. The Kier molecular flexibility index (Phi) is 4.05. The molecule has 0 amide bonds. The Balaban J connectivity index is 2.22. The van der Waals surface area contributed by atoms with Crippen LogP contribution in [-0.4, -0.2) is 50.7 Å². The Labute approximate surface area is 107 Å². The average Bonchev–Trinajstić information content (AvgIpc) is 2.84. The Bertz CT molecular complexity index is 546. The third-order valence-corrected chi connectivity index (χ3v) is 2.39. The van der Waals surface area contributed by atoms with Crippen LogP contribution in [0.4, 0.5) is 20.5 Å². The first kappa shape index (κ1) is 13.4. The lowest BCUT2D eigenvalue weighted by atomic mass is 10.3. The summed E-state index contributed by atoms with van der Waals surface area (Å²) >= 11 is 0. The molecule has 0 bridgehead atoms. The molecule has 0 aliphatic rings. The quantitative estimate of drug-likeness (QED) is 0.621. The number of imidazole rings is 1. The standard InChI is InChI=1S/C10H14F2N6O/c1-2-13-10-17-8(14-3-5(19)7(11)12)6-9(18-10)16-4-15-6/h4-5,7,19H,2-3H2,1H3,(H3,13,14,15,16,17,18). The number of aromatic nitrogens is 4. The number of aliphatic hydroxyl groups is 1. The van der Waals surface area contributed by atoms with Gasteiger partial charge < -0.3 is 20.7 Å². The van der Waals surface area contributed by atoms with Crippen molar-refractivity contribution in [1.82, 2.24) is 19.9 Å². The zero-order valence-electron chi connectivity index (χ0n) is 10.2. The van der Waals surface area contributed by atoms with Gasteiger partial charge in [0.05, 0.1) is 6.33 Å². The molecule has 0 aliphatic heterocycles. The van der Waals surface area contributed by atoms with Gasteiger partial charge in [-0.25, -0.2) is 13.8 Å². The topological polar surface area (TPSA) is 98.8 Å². The fourth-order valence-corrected chi connectivity index (χ4v) is 1.49. The van der Waals surface area contributed by atoms with Gasteiger partial charge in [-0.15, -0.1) is 0 Å². The number of rotatable bonds is 6. The second-order valence-electron chi connectivity index (χ2n) is 3.81. The first-order chi connectivity index (χ1) is 9.11. The van der Waals surface area contributed by atoms with E-state index in [1.165, 1.54) is 6.33 Å². The molecule has 2 heterocycles. The van der Waals surface area contributed by atoms with Crippen LogP contribution in [0.2, 0.25) is 0 Å². The van der Waals surface area contributed by atoms with Crippen LogP contribution in [0.1, 0.15) is 6.92 Å². The molecule has 1 unspecified atom stereocenters. The maximum Gasteiger partial charge on any atom is 0.265 e. The van der Waals surface area contributed by atoms with E-state index in [4.69, 9.17) is 5.11 Å². The summed E-state index contributed by atoms with van der Waals surface area (Å²) in [6, 6.07) is 0. The molecule has 0 aromatic carbocycles. The first-order valence-corrected chi connectivity index (χ1v) is 5.77. The molecule has 0 saturated carbocycles. The zero-order valence-corrected chi connectivity index (χ0v) is 10.2. The minimum absolute atomic E-state index is 0.311. The van der Waals surface area contributed by atoms with Gasteiger partial charge in [-0.3, -0.25) is 0 Å². The monoisotopic (exact) mass is 272 g/mol. The van der Waals surface area contributed by atoms with Crippen molar-refractivity contribution in [2.45, 2.75) is 19.5 Å². The third-order valence-electron chi connectivity index (χ3n) is 2.39. The molecule has 7 nitrogen and oxygen atoms in total. The lowest BCUT2D eigenvalue weighted by molar-refractivity contribution is 0.00382. The van der Waals surface area contributed by atoms with Crippen molar-refractivity contribution in [1.29, 1.82) is 0 Å². The summed E-state index contributed by atoms with van der Waals surface area (Å²) in [5, 5.41) is 14.7. The highest BCUT2D eigenvalue weighted by atomic mass is 19.3. The van der Waals surface area contributed by atoms with Crippen molar-refractivity contribution in [3.8, 4) is 0 Å². The predicted octanol–water partition coefficient (Wildman–Crippen LogP) is 0.823. The summed E-state index contributed by atoms with van der Waals surface area (Å²) < 4.78 is 24.5. The molecule has 9 heteroatoms. The van der Waals surface area contributed by atoms with E-state index in [0.717, 1.165) is 0 Å². The molecule has 19 heavy (non-hydrogen) atoms. The molecule has 0 saturated heterocycles. The van der Waals surface area contributed by atoms with E-state index in [-0.39, 0.29) is 6.54 Å². The number of aliphatic hydroxyl groups excluding tert-OH is 1. The van der Waals surface area contributed by atoms with Gasteiger partial charge in [0.1, 0.15) is 11.6 Å². The summed E-state index contributed by atoms with van der Waals surface area (Å²) in [6.07, 6.45) is -3.13. The maximum absolute atomic E-state index is 12.2. The van der Waals surface area contributed by atoms with E-state index >= 15 is 0 Å². The summed E-state index contributed by atoms with van der Waals surface area (Å²) in [5.41, 5.74) is 0.920. The summed E-state index contributed by atoms with van der Waals surface area (Å²) in [5.74, 6) is 0.661. The van der Waals surface area contributed by atoms with Crippen molar-refractivity contribution in [2.75, 3.05) is 23.7 Å². The van der Waals surface area contributed by atoms with E-state index in [0.29, 0.717) is 29.5 Å². The molecule has 0 aliphatic carbocycles. The molecule has 2 aromatic heterocycles. The number of hydrogen-bond donors (Lipinski definition) is 4. The summed E-state index contributed by atoms with van der Waals surface area (Å²) in [6.45, 7) is 2.19. The first-order valence-electron chi connectivity index (χ1n) is 5.77. The largest absolute Gasteiger partial charge is 0.385 e. The van der Waals surface area contributed by atoms with Gasteiger partial charge in [-0.1, -0.05) is 0 Å². The highest BCUT2D eigenvalue weighted by Crippen LogP contribution is 2.18. The molecule has 0 radical (unpaired) electrons. The van der Waals surface area contributed by atoms with Crippen molar-refractivity contribution in [3.05, 3.63) is 6.33 Å². The van der Waals surface area contributed by atoms with Crippen LogP contribution in [-0.2, 0) is 0 Å². The van der Waals surface area contributed by atoms with Crippen LogP contribution in [0.3, 0.4) is 0 Å².